The van der Waals surface area contributed by atoms with Crippen molar-refractivity contribution in [3.8, 4) is 0 Å². The van der Waals surface area contributed by atoms with E-state index in [0.29, 0.717) is 10.7 Å². The Hall–Kier alpha value is -2.17. The van der Waals surface area contributed by atoms with Crippen LogP contribution in [0.3, 0.4) is 0 Å². The number of amides is 2. The van der Waals surface area contributed by atoms with Crippen LogP contribution in [0.2, 0.25) is 5.02 Å². The molecule has 23 heavy (non-hydrogen) atoms. The van der Waals surface area contributed by atoms with Gasteiger partial charge in [0.05, 0.1) is 12.1 Å². The largest absolute Gasteiger partial charge is 0.330 e. The summed E-state index contributed by atoms with van der Waals surface area (Å²) in [6.45, 7) is 2.04. The van der Waals surface area contributed by atoms with E-state index in [1.165, 1.54) is 4.90 Å². The van der Waals surface area contributed by atoms with Gasteiger partial charge in [-0.1, -0.05) is 41.9 Å². The Labute approximate surface area is 140 Å². The number of nitrogens with two attached hydrogens (primary N) is 1. The molecule has 0 unspecified atom stereocenters. The number of hydrogen-bond donors (Lipinski definition) is 1. The van der Waals surface area contributed by atoms with E-state index in [0.717, 1.165) is 5.56 Å². The molecular formula is C18H18ClN2O2+. The van der Waals surface area contributed by atoms with E-state index >= 15 is 0 Å². The van der Waals surface area contributed by atoms with Gasteiger partial charge in [-0.25, -0.2) is 4.90 Å². The minimum atomic E-state index is -0.381. The lowest BCUT2D eigenvalue weighted by Crippen LogP contribution is -2.91. The molecule has 2 N–H and O–H groups in total. The molecule has 2 aromatic rings. The molecule has 0 bridgehead atoms. The van der Waals surface area contributed by atoms with Gasteiger partial charge in [0, 0.05) is 10.6 Å². The zero-order chi connectivity index (χ0) is 16.4. The van der Waals surface area contributed by atoms with E-state index in [4.69, 9.17) is 11.6 Å². The van der Waals surface area contributed by atoms with Crippen LogP contribution >= 0.6 is 11.6 Å². The molecule has 1 aliphatic rings. The Morgan fingerprint density at radius 3 is 2.39 bits per heavy atom. The zero-order valence-corrected chi connectivity index (χ0v) is 13.5. The monoisotopic (exact) mass is 329 g/mol. The van der Waals surface area contributed by atoms with Crippen LogP contribution < -0.4 is 10.2 Å². The highest BCUT2D eigenvalue weighted by molar-refractivity contribution is 6.30. The fraction of sp³-hybridized carbons (Fsp3) is 0.222. The van der Waals surface area contributed by atoms with Gasteiger partial charge < -0.3 is 5.32 Å². The molecule has 1 aliphatic heterocycles. The molecule has 2 atom stereocenters. The number of quaternary nitrogens is 1. The highest BCUT2D eigenvalue weighted by atomic mass is 35.5. The maximum atomic E-state index is 12.6. The molecule has 0 aromatic heterocycles. The van der Waals surface area contributed by atoms with Crippen molar-refractivity contribution in [1.82, 2.24) is 0 Å². The number of nitrogens with zero attached hydrogens (tertiary/aromatic N) is 1. The van der Waals surface area contributed by atoms with E-state index in [9.17, 15) is 9.59 Å². The van der Waals surface area contributed by atoms with Crippen LogP contribution in [0.5, 0.6) is 0 Å². The highest BCUT2D eigenvalue weighted by Crippen LogP contribution is 2.23. The summed E-state index contributed by atoms with van der Waals surface area (Å²) in [4.78, 5) is 26.1. The van der Waals surface area contributed by atoms with Crippen LogP contribution in [-0.2, 0) is 9.59 Å². The first-order valence-electron chi connectivity index (χ1n) is 7.58. The second-order valence-electron chi connectivity index (χ2n) is 5.75. The lowest BCUT2D eigenvalue weighted by molar-refractivity contribution is -0.711. The van der Waals surface area contributed by atoms with Crippen LogP contribution in [0.1, 0.15) is 24.9 Å². The van der Waals surface area contributed by atoms with Crippen LogP contribution in [0.4, 0.5) is 5.69 Å². The van der Waals surface area contributed by atoms with Crippen molar-refractivity contribution < 1.29 is 14.9 Å². The Morgan fingerprint density at radius 2 is 1.74 bits per heavy atom. The number of rotatable bonds is 4. The zero-order valence-electron chi connectivity index (χ0n) is 12.8. The lowest BCUT2D eigenvalue weighted by atomic mass is 10.1. The van der Waals surface area contributed by atoms with Gasteiger partial charge in [0.1, 0.15) is 6.04 Å². The molecule has 0 saturated carbocycles. The summed E-state index contributed by atoms with van der Waals surface area (Å²) >= 11 is 5.86. The fourth-order valence-corrected chi connectivity index (χ4v) is 3.01. The van der Waals surface area contributed by atoms with Gasteiger partial charge in [0.25, 0.3) is 5.91 Å². The SMILES string of the molecule is C[C@H]([NH2+][C@@H]1CC(=O)N(c2ccc(Cl)cc2)C1=O)c1ccccc1. The number of imide groups is 1. The topological polar surface area (TPSA) is 54.0 Å². The number of carbonyl (C=O) groups is 2. The molecule has 0 spiro atoms. The molecule has 3 rings (SSSR count). The van der Waals surface area contributed by atoms with Crippen molar-refractivity contribution in [3.05, 3.63) is 65.2 Å². The Morgan fingerprint density at radius 1 is 1.09 bits per heavy atom. The number of hydrogen-bond acceptors (Lipinski definition) is 2. The van der Waals surface area contributed by atoms with Gasteiger partial charge in [-0.15, -0.1) is 0 Å². The molecule has 4 nitrogen and oxygen atoms in total. The predicted octanol–water partition coefficient (Wildman–Crippen LogP) is 2.30. The second-order valence-corrected chi connectivity index (χ2v) is 6.18. The Kier molecular flexibility index (Phi) is 4.46. The third-order valence-corrected chi connectivity index (χ3v) is 4.36. The number of carbonyl (C=O) groups excluding carboxylic acids is 2. The molecular weight excluding hydrogens is 312 g/mol. The third kappa shape index (κ3) is 3.28. The summed E-state index contributed by atoms with van der Waals surface area (Å²) in [6.07, 6.45) is 0.221. The molecule has 1 fully saturated rings. The predicted molar refractivity (Wildman–Crippen MR) is 89.1 cm³/mol. The molecule has 1 heterocycles. The van der Waals surface area contributed by atoms with Crippen molar-refractivity contribution >= 4 is 29.1 Å². The summed E-state index contributed by atoms with van der Waals surface area (Å²) in [6, 6.07) is 16.4. The number of anilines is 1. The van der Waals surface area contributed by atoms with Crippen molar-refractivity contribution in [2.45, 2.75) is 25.4 Å². The first-order chi connectivity index (χ1) is 11.1. The van der Waals surface area contributed by atoms with Gasteiger partial charge >= 0.3 is 0 Å². The summed E-state index contributed by atoms with van der Waals surface area (Å²) in [5.74, 6) is -0.334. The highest BCUT2D eigenvalue weighted by Gasteiger charge is 2.43. The summed E-state index contributed by atoms with van der Waals surface area (Å²) < 4.78 is 0. The minimum absolute atomic E-state index is 0.114. The van der Waals surface area contributed by atoms with Crippen molar-refractivity contribution in [2.24, 2.45) is 0 Å². The van der Waals surface area contributed by atoms with Gasteiger partial charge in [-0.05, 0) is 31.2 Å². The molecule has 2 amide bonds. The molecule has 1 saturated heterocycles. The average molecular weight is 330 g/mol. The van der Waals surface area contributed by atoms with Crippen LogP contribution in [0.25, 0.3) is 0 Å². The average Bonchev–Trinajstić information content (AvgIpc) is 2.83. The van der Waals surface area contributed by atoms with Gasteiger partial charge in [0.2, 0.25) is 5.91 Å². The molecule has 118 valence electrons. The molecule has 0 aliphatic carbocycles. The van der Waals surface area contributed by atoms with E-state index in [-0.39, 0.29) is 30.3 Å². The summed E-state index contributed by atoms with van der Waals surface area (Å²) in [5.41, 5.74) is 1.71. The first kappa shape index (κ1) is 15.7. The fourth-order valence-electron chi connectivity index (χ4n) is 2.88. The maximum Gasteiger partial charge on any atom is 0.292 e. The third-order valence-electron chi connectivity index (χ3n) is 4.11. The van der Waals surface area contributed by atoms with E-state index in [1.807, 2.05) is 42.6 Å². The molecule has 0 radical (unpaired) electrons. The lowest BCUT2D eigenvalue weighted by Gasteiger charge is -2.16. The van der Waals surface area contributed by atoms with Crippen molar-refractivity contribution in [2.75, 3.05) is 4.90 Å². The van der Waals surface area contributed by atoms with Gasteiger partial charge in [0.15, 0.2) is 6.04 Å². The molecule has 2 aromatic carbocycles. The quantitative estimate of drug-likeness (QED) is 0.875. The van der Waals surface area contributed by atoms with Crippen molar-refractivity contribution in [3.63, 3.8) is 0 Å². The normalized spacial score (nSPS) is 19.2. The van der Waals surface area contributed by atoms with Gasteiger partial charge in [-0.2, -0.15) is 0 Å². The summed E-state index contributed by atoms with van der Waals surface area (Å²) in [5, 5.41) is 2.54. The van der Waals surface area contributed by atoms with E-state index in [1.54, 1.807) is 24.3 Å². The van der Waals surface area contributed by atoms with Crippen LogP contribution in [-0.4, -0.2) is 17.9 Å². The second kappa shape index (κ2) is 6.52. The Balaban J connectivity index is 1.75. The van der Waals surface area contributed by atoms with Crippen molar-refractivity contribution in [1.29, 1.82) is 0 Å². The Bertz CT molecular complexity index is 716. The minimum Gasteiger partial charge on any atom is -0.330 e. The summed E-state index contributed by atoms with van der Waals surface area (Å²) in [7, 11) is 0. The van der Waals surface area contributed by atoms with E-state index in [2.05, 4.69) is 0 Å². The van der Waals surface area contributed by atoms with Crippen LogP contribution in [0.15, 0.2) is 54.6 Å². The number of benzene rings is 2. The smallest absolute Gasteiger partial charge is 0.292 e. The standard InChI is InChI=1S/C18H17ClN2O2/c1-12(13-5-3-2-4-6-13)20-16-11-17(22)21(18(16)23)15-9-7-14(19)8-10-15/h2-10,12,16,20H,11H2,1H3/p+1/t12-,16+/m0/s1. The number of halogens is 1. The maximum absolute atomic E-state index is 12.6. The van der Waals surface area contributed by atoms with Crippen LogP contribution in [0, 0.1) is 0 Å². The molecule has 5 heteroatoms. The van der Waals surface area contributed by atoms with E-state index < -0.39 is 0 Å². The van der Waals surface area contributed by atoms with Gasteiger partial charge in [-0.3, -0.25) is 9.59 Å². The first-order valence-corrected chi connectivity index (χ1v) is 7.96.